The van der Waals surface area contributed by atoms with Crippen molar-refractivity contribution < 1.29 is 23.6 Å². The molecule has 0 bridgehead atoms. The molecule has 0 aliphatic carbocycles. The Morgan fingerprint density at radius 2 is 1.43 bits per heavy atom. The summed E-state index contributed by atoms with van der Waals surface area (Å²) in [6.07, 6.45) is -1.14. The van der Waals surface area contributed by atoms with Crippen LogP contribution >= 0.6 is 9.12 Å². The zero-order chi connectivity index (χ0) is 21.3. The molecule has 0 N–H and O–H groups in total. The van der Waals surface area contributed by atoms with E-state index in [1.54, 1.807) is 7.11 Å². The van der Waals surface area contributed by atoms with Crippen LogP contribution in [0, 0.1) is 5.92 Å². The Balaban J connectivity index is 1.77. The topological polar surface area (TPSA) is 46.2 Å². The minimum absolute atomic E-state index is 0.00385. The van der Waals surface area contributed by atoms with E-state index >= 15 is 0 Å². The highest BCUT2D eigenvalue weighted by molar-refractivity contribution is 7.60. The van der Waals surface area contributed by atoms with Crippen LogP contribution in [0.1, 0.15) is 18.1 Å². The smallest absolute Gasteiger partial charge is 0.311 e. The molecule has 2 aromatic carbocycles. The quantitative estimate of drug-likeness (QED) is 0.418. The van der Waals surface area contributed by atoms with Gasteiger partial charge in [-0.25, -0.2) is 0 Å². The normalized spacial score (nSPS) is 26.5. The summed E-state index contributed by atoms with van der Waals surface area (Å²) >= 11 is 0. The van der Waals surface area contributed by atoms with Crippen molar-refractivity contribution in [3.05, 3.63) is 71.8 Å². The minimum Gasteiger partial charge on any atom is -0.429 e. The van der Waals surface area contributed by atoms with E-state index in [9.17, 15) is 0 Å². The van der Waals surface area contributed by atoms with Crippen molar-refractivity contribution >= 4 is 15.8 Å². The summed E-state index contributed by atoms with van der Waals surface area (Å²) in [5.41, 5.74) is 2.23. The second-order valence-electron chi connectivity index (χ2n) is 7.70. The fraction of sp³-hybridized carbons (Fsp3) is 0.478. The monoisotopic (exact) mass is 430 g/mol. The van der Waals surface area contributed by atoms with Gasteiger partial charge in [0.1, 0.15) is 12.2 Å². The van der Waals surface area contributed by atoms with Gasteiger partial charge >= 0.3 is 6.64 Å². The third kappa shape index (κ3) is 6.62. The molecule has 1 saturated heterocycles. The van der Waals surface area contributed by atoms with Crippen molar-refractivity contribution in [2.45, 2.75) is 51.6 Å². The Hall–Kier alpha value is -1.27. The third-order valence-electron chi connectivity index (χ3n) is 5.27. The number of ether oxygens (including phenoxy) is 4. The predicted molar refractivity (Wildman–Crippen MR) is 122 cm³/mol. The third-order valence-corrected chi connectivity index (χ3v) is 5.47. The zero-order valence-electron chi connectivity index (χ0n) is 18.0. The first-order chi connectivity index (χ1) is 14.6. The molecule has 1 fully saturated rings. The number of hydrogen-bond acceptors (Lipinski definition) is 5. The van der Waals surface area contributed by atoms with Crippen molar-refractivity contribution in [1.29, 1.82) is 0 Å². The molecule has 6 atom stereocenters. The van der Waals surface area contributed by atoms with Gasteiger partial charge in [-0.15, -0.1) is 9.12 Å². The lowest BCUT2D eigenvalue weighted by Crippen LogP contribution is -2.57. The Morgan fingerprint density at radius 1 is 0.900 bits per heavy atom. The lowest BCUT2D eigenvalue weighted by molar-refractivity contribution is -0.292. The molecule has 2 aromatic rings. The summed E-state index contributed by atoms with van der Waals surface area (Å²) in [7, 11) is 4.31. The summed E-state index contributed by atoms with van der Waals surface area (Å²) in [4.78, 5) is 0. The first kappa shape index (κ1) is 23.4. The number of rotatable bonds is 10. The Kier molecular flexibility index (Phi) is 9.32. The fourth-order valence-electron chi connectivity index (χ4n) is 3.67. The van der Waals surface area contributed by atoms with Gasteiger partial charge in [-0.05, 0) is 11.1 Å². The van der Waals surface area contributed by atoms with Gasteiger partial charge in [0.05, 0.1) is 25.9 Å². The standard InChI is InChI=1S/C23H32BO5P/c1-17-21(26-14-18-10-6-4-7-11-18)22(27-15-19-12-8-5-9-13-19)20(16-28-24(2)30)29-23(17)25-3/h4-13,17,20-23H,14-16,30H2,1-3H3/t17?,20?,21-,22+,23+/m0/s1. The van der Waals surface area contributed by atoms with Gasteiger partial charge in [0.15, 0.2) is 6.29 Å². The van der Waals surface area contributed by atoms with Crippen LogP contribution < -0.4 is 0 Å². The lowest BCUT2D eigenvalue weighted by Gasteiger charge is -2.45. The van der Waals surface area contributed by atoms with E-state index in [4.69, 9.17) is 23.6 Å². The van der Waals surface area contributed by atoms with Crippen LogP contribution in [0.15, 0.2) is 60.7 Å². The van der Waals surface area contributed by atoms with Crippen LogP contribution in [0.3, 0.4) is 0 Å². The molecule has 0 amide bonds. The second kappa shape index (κ2) is 11.9. The molecule has 0 aromatic heterocycles. The SMILES string of the molecule is CO[C@@H]1OC(COB(C)P)[C@@H](OCc2ccccc2)[C@@H](OCc2ccccc2)C1C. The number of benzene rings is 2. The van der Waals surface area contributed by atoms with Crippen LogP contribution in [-0.4, -0.2) is 45.0 Å². The van der Waals surface area contributed by atoms with E-state index in [2.05, 4.69) is 40.3 Å². The van der Waals surface area contributed by atoms with Crippen LogP contribution in [0.5, 0.6) is 0 Å². The highest BCUT2D eigenvalue weighted by Gasteiger charge is 2.45. The fourth-order valence-corrected chi connectivity index (χ4v) is 3.78. The summed E-state index contributed by atoms with van der Waals surface area (Å²) in [6, 6.07) is 20.3. The molecule has 0 saturated carbocycles. The maximum atomic E-state index is 6.41. The van der Waals surface area contributed by atoms with Crippen molar-refractivity contribution in [3.63, 3.8) is 0 Å². The molecule has 1 aliphatic rings. The maximum Gasteiger partial charge on any atom is 0.311 e. The van der Waals surface area contributed by atoms with E-state index in [-0.39, 0.29) is 37.2 Å². The van der Waals surface area contributed by atoms with E-state index < -0.39 is 0 Å². The Morgan fingerprint density at radius 3 is 1.93 bits per heavy atom. The van der Waals surface area contributed by atoms with Crippen LogP contribution in [0.2, 0.25) is 6.82 Å². The van der Waals surface area contributed by atoms with Crippen molar-refractivity contribution in [1.82, 2.24) is 0 Å². The van der Waals surface area contributed by atoms with Crippen molar-refractivity contribution in [3.8, 4) is 0 Å². The molecular weight excluding hydrogens is 398 g/mol. The molecule has 7 heteroatoms. The molecule has 30 heavy (non-hydrogen) atoms. The molecule has 1 heterocycles. The maximum absolute atomic E-state index is 6.41. The number of methoxy groups -OCH3 is 1. The molecule has 1 aliphatic heterocycles. The van der Waals surface area contributed by atoms with Gasteiger partial charge in [0.2, 0.25) is 0 Å². The van der Waals surface area contributed by atoms with E-state index in [1.807, 2.05) is 43.2 Å². The molecular formula is C23H32BO5P. The summed E-state index contributed by atoms with van der Waals surface area (Å²) in [6.45, 7) is 5.47. The zero-order valence-corrected chi connectivity index (χ0v) is 19.1. The Labute approximate surface area is 182 Å². The summed E-state index contributed by atoms with van der Waals surface area (Å²) in [5, 5.41) is 0. The molecule has 3 rings (SSSR count). The molecule has 3 unspecified atom stereocenters. The first-order valence-electron chi connectivity index (χ1n) is 10.4. The van der Waals surface area contributed by atoms with Crippen LogP contribution in [0.25, 0.3) is 0 Å². The minimum atomic E-state index is -0.379. The van der Waals surface area contributed by atoms with Gasteiger partial charge in [-0.3, -0.25) is 0 Å². The first-order valence-corrected chi connectivity index (χ1v) is 11.1. The highest BCUT2D eigenvalue weighted by Crippen LogP contribution is 2.32. The van der Waals surface area contributed by atoms with Crippen LogP contribution in [-0.2, 0) is 36.8 Å². The van der Waals surface area contributed by atoms with E-state index in [1.165, 1.54) is 0 Å². The van der Waals surface area contributed by atoms with Crippen LogP contribution in [0.4, 0.5) is 0 Å². The molecule has 162 valence electrons. The van der Waals surface area contributed by atoms with Gasteiger partial charge in [0, 0.05) is 13.0 Å². The molecule has 0 radical (unpaired) electrons. The Bertz CT molecular complexity index is 733. The average molecular weight is 430 g/mol. The number of hydrogen-bond donors (Lipinski definition) is 0. The lowest BCUT2D eigenvalue weighted by atomic mass is 9.91. The average Bonchev–Trinajstić information content (AvgIpc) is 2.77. The van der Waals surface area contributed by atoms with Gasteiger partial charge in [-0.2, -0.15) is 0 Å². The molecule has 5 nitrogen and oxygen atoms in total. The highest BCUT2D eigenvalue weighted by atomic mass is 31.0. The molecule has 0 spiro atoms. The summed E-state index contributed by atoms with van der Waals surface area (Å²) in [5.74, 6) is 0.00385. The van der Waals surface area contributed by atoms with Gasteiger partial charge in [0.25, 0.3) is 0 Å². The van der Waals surface area contributed by atoms with E-state index in [0.29, 0.717) is 19.8 Å². The predicted octanol–water partition coefficient (Wildman–Crippen LogP) is 4.17. The van der Waals surface area contributed by atoms with Gasteiger partial charge in [-0.1, -0.05) is 74.4 Å². The second-order valence-corrected chi connectivity index (χ2v) is 8.64. The van der Waals surface area contributed by atoms with Crippen molar-refractivity contribution in [2.75, 3.05) is 13.7 Å². The largest absolute Gasteiger partial charge is 0.429 e. The van der Waals surface area contributed by atoms with Gasteiger partial charge < -0.3 is 23.6 Å². The van der Waals surface area contributed by atoms with E-state index in [0.717, 1.165) is 11.1 Å². The summed E-state index contributed by atoms with van der Waals surface area (Å²) < 4.78 is 30.5. The van der Waals surface area contributed by atoms with Crippen molar-refractivity contribution in [2.24, 2.45) is 5.92 Å².